The van der Waals surface area contributed by atoms with Crippen LogP contribution in [0.4, 0.5) is 0 Å². The molecule has 1 aliphatic rings. The SMILES string of the molecule is CC(=O)C=C1NC(C)C(=O)O1. The molecule has 1 atom stereocenters. The molecule has 1 unspecified atom stereocenters. The fraction of sp³-hybridized carbons (Fsp3) is 0.429. The maximum Gasteiger partial charge on any atom is 0.334 e. The van der Waals surface area contributed by atoms with Crippen molar-refractivity contribution in [2.75, 3.05) is 0 Å². The van der Waals surface area contributed by atoms with Crippen LogP contribution in [0.5, 0.6) is 0 Å². The van der Waals surface area contributed by atoms with Gasteiger partial charge >= 0.3 is 5.97 Å². The number of carbonyl (C=O) groups is 2. The molecule has 11 heavy (non-hydrogen) atoms. The first-order valence-electron chi connectivity index (χ1n) is 3.30. The third kappa shape index (κ3) is 1.80. The summed E-state index contributed by atoms with van der Waals surface area (Å²) in [7, 11) is 0. The number of ether oxygens (including phenoxy) is 1. The molecule has 1 N–H and O–H groups in total. The van der Waals surface area contributed by atoms with Gasteiger partial charge in [-0.05, 0) is 13.8 Å². The van der Waals surface area contributed by atoms with E-state index < -0.39 is 0 Å². The predicted molar refractivity (Wildman–Crippen MR) is 37.5 cm³/mol. The molecule has 1 aliphatic heterocycles. The van der Waals surface area contributed by atoms with Crippen LogP contribution in [0.25, 0.3) is 0 Å². The minimum atomic E-state index is -0.350. The molecular formula is C7H9NO3. The van der Waals surface area contributed by atoms with E-state index in [0.29, 0.717) is 0 Å². The summed E-state index contributed by atoms with van der Waals surface area (Å²) in [6.07, 6.45) is 1.25. The van der Waals surface area contributed by atoms with Crippen LogP contribution < -0.4 is 5.32 Å². The summed E-state index contributed by atoms with van der Waals surface area (Å²) >= 11 is 0. The van der Waals surface area contributed by atoms with Crippen molar-refractivity contribution in [2.45, 2.75) is 19.9 Å². The summed E-state index contributed by atoms with van der Waals surface area (Å²) in [5.41, 5.74) is 0. The van der Waals surface area contributed by atoms with Crippen molar-refractivity contribution in [3.8, 4) is 0 Å². The maximum absolute atomic E-state index is 10.7. The first-order chi connectivity index (χ1) is 5.09. The van der Waals surface area contributed by atoms with E-state index in [-0.39, 0.29) is 23.7 Å². The molecule has 0 amide bonds. The number of ketones is 1. The Morgan fingerprint density at radius 3 is 2.73 bits per heavy atom. The molecule has 1 heterocycles. The summed E-state index contributed by atoms with van der Waals surface area (Å²) in [5, 5.41) is 2.70. The van der Waals surface area contributed by atoms with E-state index >= 15 is 0 Å². The van der Waals surface area contributed by atoms with Crippen LogP contribution in [0.1, 0.15) is 13.8 Å². The molecule has 0 aromatic heterocycles. The number of cyclic esters (lactones) is 1. The number of rotatable bonds is 1. The van der Waals surface area contributed by atoms with E-state index in [1.54, 1.807) is 6.92 Å². The molecule has 1 fully saturated rings. The van der Waals surface area contributed by atoms with Crippen LogP contribution in [0.2, 0.25) is 0 Å². The zero-order valence-electron chi connectivity index (χ0n) is 6.38. The zero-order chi connectivity index (χ0) is 8.43. The van der Waals surface area contributed by atoms with Gasteiger partial charge in [0.1, 0.15) is 6.04 Å². The van der Waals surface area contributed by atoms with Gasteiger partial charge in [0.25, 0.3) is 0 Å². The second-order valence-electron chi connectivity index (χ2n) is 2.41. The molecular weight excluding hydrogens is 146 g/mol. The fourth-order valence-corrected chi connectivity index (χ4v) is 0.754. The molecule has 0 bridgehead atoms. The Hall–Kier alpha value is -1.32. The Morgan fingerprint density at radius 1 is 1.73 bits per heavy atom. The Kier molecular flexibility index (Phi) is 1.94. The second-order valence-corrected chi connectivity index (χ2v) is 2.41. The Labute approximate surface area is 64.2 Å². The van der Waals surface area contributed by atoms with Gasteiger partial charge in [-0.3, -0.25) is 4.79 Å². The predicted octanol–water partition coefficient (Wildman–Crippen LogP) is -0.0483. The number of hydrogen-bond donors (Lipinski definition) is 1. The first-order valence-corrected chi connectivity index (χ1v) is 3.30. The summed E-state index contributed by atoms with van der Waals surface area (Å²) in [5.74, 6) is -0.248. The fourth-order valence-electron chi connectivity index (χ4n) is 0.754. The molecule has 0 spiro atoms. The van der Waals surface area contributed by atoms with Crippen molar-refractivity contribution < 1.29 is 14.3 Å². The number of allylic oxidation sites excluding steroid dienone is 1. The molecule has 0 aliphatic carbocycles. The van der Waals surface area contributed by atoms with Gasteiger partial charge in [-0.1, -0.05) is 0 Å². The summed E-state index contributed by atoms with van der Waals surface area (Å²) in [6.45, 7) is 3.06. The van der Waals surface area contributed by atoms with E-state index in [2.05, 4.69) is 10.1 Å². The lowest BCUT2D eigenvalue weighted by molar-refractivity contribution is -0.136. The van der Waals surface area contributed by atoms with Crippen LogP contribution in [0.3, 0.4) is 0 Å². The van der Waals surface area contributed by atoms with Gasteiger partial charge in [-0.25, -0.2) is 4.79 Å². The van der Waals surface area contributed by atoms with Crippen LogP contribution in [0, 0.1) is 0 Å². The van der Waals surface area contributed by atoms with Crippen molar-refractivity contribution in [1.82, 2.24) is 5.32 Å². The van der Waals surface area contributed by atoms with E-state index in [9.17, 15) is 9.59 Å². The van der Waals surface area contributed by atoms with E-state index in [0.717, 1.165) is 0 Å². The minimum Gasteiger partial charge on any atom is -0.408 e. The lowest BCUT2D eigenvalue weighted by Gasteiger charge is -1.94. The maximum atomic E-state index is 10.7. The molecule has 1 saturated heterocycles. The van der Waals surface area contributed by atoms with Crippen LogP contribution in [0.15, 0.2) is 12.0 Å². The van der Waals surface area contributed by atoms with E-state index in [4.69, 9.17) is 0 Å². The monoisotopic (exact) mass is 155 g/mol. The quantitative estimate of drug-likeness (QED) is 0.426. The molecule has 0 radical (unpaired) electrons. The van der Waals surface area contributed by atoms with Crippen LogP contribution in [-0.2, 0) is 14.3 Å². The second kappa shape index (κ2) is 2.74. The lowest BCUT2D eigenvalue weighted by Crippen LogP contribution is -2.21. The van der Waals surface area contributed by atoms with E-state index in [1.165, 1.54) is 13.0 Å². The molecule has 60 valence electrons. The molecule has 1 rings (SSSR count). The van der Waals surface area contributed by atoms with Gasteiger partial charge < -0.3 is 10.1 Å². The van der Waals surface area contributed by atoms with Gasteiger partial charge in [0.05, 0.1) is 0 Å². The van der Waals surface area contributed by atoms with Gasteiger partial charge in [0.2, 0.25) is 5.88 Å². The highest BCUT2D eigenvalue weighted by Crippen LogP contribution is 2.06. The number of carbonyl (C=O) groups excluding carboxylic acids is 2. The summed E-state index contributed by atoms with van der Waals surface area (Å²) in [6, 6.07) is -0.347. The molecule has 4 nitrogen and oxygen atoms in total. The average molecular weight is 155 g/mol. The van der Waals surface area contributed by atoms with Gasteiger partial charge in [-0.2, -0.15) is 0 Å². The molecule has 0 aromatic carbocycles. The Morgan fingerprint density at radius 2 is 2.36 bits per heavy atom. The minimum absolute atomic E-state index is 0.144. The topological polar surface area (TPSA) is 55.4 Å². The van der Waals surface area contributed by atoms with Crippen molar-refractivity contribution in [1.29, 1.82) is 0 Å². The number of esters is 1. The number of nitrogens with one attached hydrogen (secondary N) is 1. The summed E-state index contributed by atoms with van der Waals surface area (Å²) in [4.78, 5) is 21.2. The third-order valence-electron chi connectivity index (χ3n) is 1.26. The third-order valence-corrected chi connectivity index (χ3v) is 1.26. The normalized spacial score (nSPS) is 26.5. The highest BCUT2D eigenvalue weighted by molar-refractivity contribution is 5.89. The Bertz CT molecular complexity index is 232. The standard InChI is InChI=1S/C7H9NO3/c1-4(9)3-6-8-5(2)7(10)11-6/h3,5,8H,1-2H3. The van der Waals surface area contributed by atoms with E-state index in [1.807, 2.05) is 0 Å². The smallest absolute Gasteiger partial charge is 0.334 e. The first kappa shape index (κ1) is 7.78. The lowest BCUT2D eigenvalue weighted by atomic mass is 10.4. The van der Waals surface area contributed by atoms with Crippen LogP contribution in [-0.4, -0.2) is 17.8 Å². The Balaban J connectivity index is 2.67. The highest BCUT2D eigenvalue weighted by atomic mass is 16.6. The molecule has 0 aromatic rings. The zero-order valence-corrected chi connectivity index (χ0v) is 6.38. The average Bonchev–Trinajstić information content (AvgIpc) is 2.10. The van der Waals surface area contributed by atoms with Crippen molar-refractivity contribution >= 4 is 11.8 Å². The highest BCUT2D eigenvalue weighted by Gasteiger charge is 2.25. The van der Waals surface area contributed by atoms with Crippen molar-refractivity contribution in [3.63, 3.8) is 0 Å². The van der Waals surface area contributed by atoms with Crippen LogP contribution >= 0.6 is 0 Å². The van der Waals surface area contributed by atoms with Crippen molar-refractivity contribution in [3.05, 3.63) is 12.0 Å². The van der Waals surface area contributed by atoms with Gasteiger partial charge in [-0.15, -0.1) is 0 Å². The largest absolute Gasteiger partial charge is 0.408 e. The van der Waals surface area contributed by atoms with Crippen molar-refractivity contribution in [2.24, 2.45) is 0 Å². The van der Waals surface area contributed by atoms with Gasteiger partial charge in [0.15, 0.2) is 5.78 Å². The molecule has 4 heteroatoms. The summed E-state index contributed by atoms with van der Waals surface area (Å²) < 4.78 is 4.67. The van der Waals surface area contributed by atoms with Gasteiger partial charge in [0, 0.05) is 6.08 Å². The molecule has 0 saturated carbocycles. The number of hydrogen-bond acceptors (Lipinski definition) is 4.